The molecule has 1 aromatic heterocycles. The Labute approximate surface area is 152 Å². The normalized spacial score (nSPS) is 13.8. The van der Waals surface area contributed by atoms with Crippen molar-refractivity contribution in [3.63, 3.8) is 0 Å². The fourth-order valence-corrected chi connectivity index (χ4v) is 2.41. The second kappa shape index (κ2) is 10.6. The summed E-state index contributed by atoms with van der Waals surface area (Å²) in [5.41, 5.74) is 1.17. The maximum Gasteiger partial charge on any atom is 0.0810 e. The Hall–Kier alpha value is -1.21. The second-order valence-corrected chi connectivity index (χ2v) is 6.53. The average molecular weight is 397 g/mol. The maximum absolute atomic E-state index is 5.85. The van der Waals surface area contributed by atoms with Gasteiger partial charge in [-0.3, -0.25) is 4.68 Å². The smallest absolute Gasteiger partial charge is 0.0810 e. The van der Waals surface area contributed by atoms with Crippen LogP contribution in [0.3, 0.4) is 0 Å². The van der Waals surface area contributed by atoms with Crippen molar-refractivity contribution in [2.24, 2.45) is 0 Å². The molecule has 0 saturated carbocycles. The van der Waals surface area contributed by atoms with E-state index >= 15 is 0 Å². The quantitative estimate of drug-likeness (QED) is 0.543. The number of ether oxygens (including phenoxy) is 3. The van der Waals surface area contributed by atoms with Gasteiger partial charge in [0.1, 0.15) is 0 Å². The zero-order chi connectivity index (χ0) is 17.2. The summed E-state index contributed by atoms with van der Waals surface area (Å²) < 4.78 is 20.0. The molecule has 0 N–H and O–H groups in total. The van der Waals surface area contributed by atoms with Gasteiger partial charge in [0.15, 0.2) is 0 Å². The highest BCUT2D eigenvalue weighted by atomic mass is 79.9. The number of benzene rings is 1. The molecule has 6 heteroatoms. The van der Waals surface area contributed by atoms with Gasteiger partial charge in [0.05, 0.1) is 55.8 Å². The lowest BCUT2D eigenvalue weighted by molar-refractivity contribution is -0.0748. The van der Waals surface area contributed by atoms with Crippen molar-refractivity contribution in [1.82, 2.24) is 9.78 Å². The molecule has 0 radical (unpaired) electrons. The Morgan fingerprint density at radius 2 is 1.79 bits per heavy atom. The van der Waals surface area contributed by atoms with Gasteiger partial charge in [-0.1, -0.05) is 30.3 Å². The van der Waals surface area contributed by atoms with E-state index in [9.17, 15) is 0 Å². The van der Waals surface area contributed by atoms with Gasteiger partial charge in [-0.25, -0.2) is 0 Å². The lowest BCUT2D eigenvalue weighted by Crippen LogP contribution is -2.27. The Kier molecular flexibility index (Phi) is 8.45. The molecule has 24 heavy (non-hydrogen) atoms. The summed E-state index contributed by atoms with van der Waals surface area (Å²) >= 11 is 3.37. The van der Waals surface area contributed by atoms with Crippen molar-refractivity contribution in [3.05, 3.63) is 52.8 Å². The van der Waals surface area contributed by atoms with Crippen molar-refractivity contribution in [2.75, 3.05) is 19.8 Å². The van der Waals surface area contributed by atoms with Crippen molar-refractivity contribution >= 4 is 15.9 Å². The van der Waals surface area contributed by atoms with Crippen LogP contribution in [0, 0.1) is 0 Å². The minimum Gasteiger partial charge on any atom is -0.377 e. The van der Waals surface area contributed by atoms with E-state index in [0.717, 1.165) is 11.0 Å². The summed E-state index contributed by atoms with van der Waals surface area (Å²) in [6.45, 7) is 7.14. The monoisotopic (exact) mass is 396 g/mol. The molecule has 0 aliphatic rings. The van der Waals surface area contributed by atoms with Gasteiger partial charge >= 0.3 is 0 Å². The number of hydrogen-bond acceptors (Lipinski definition) is 4. The lowest BCUT2D eigenvalue weighted by Gasteiger charge is -2.21. The van der Waals surface area contributed by atoms with Gasteiger partial charge < -0.3 is 14.2 Å². The topological polar surface area (TPSA) is 45.5 Å². The van der Waals surface area contributed by atoms with Crippen LogP contribution < -0.4 is 0 Å². The first-order chi connectivity index (χ1) is 11.6. The number of nitrogens with zero attached hydrogens (tertiary/aromatic N) is 2. The van der Waals surface area contributed by atoms with E-state index in [0.29, 0.717) is 26.4 Å². The molecule has 0 unspecified atom stereocenters. The van der Waals surface area contributed by atoms with E-state index in [2.05, 4.69) is 33.2 Å². The molecule has 2 atom stereocenters. The van der Waals surface area contributed by atoms with Crippen LogP contribution in [0.2, 0.25) is 0 Å². The molecule has 0 aliphatic heterocycles. The third kappa shape index (κ3) is 7.13. The van der Waals surface area contributed by atoms with Crippen LogP contribution in [0.15, 0.2) is 47.2 Å². The highest BCUT2D eigenvalue weighted by Gasteiger charge is 2.13. The van der Waals surface area contributed by atoms with Crippen LogP contribution in [-0.4, -0.2) is 41.8 Å². The molecule has 1 heterocycles. The van der Waals surface area contributed by atoms with Crippen molar-refractivity contribution in [2.45, 2.75) is 39.2 Å². The number of aromatic nitrogens is 2. The van der Waals surface area contributed by atoms with Crippen LogP contribution in [0.5, 0.6) is 0 Å². The molecule has 0 aliphatic carbocycles. The second-order valence-electron chi connectivity index (χ2n) is 5.61. The molecular weight excluding hydrogens is 372 g/mol. The van der Waals surface area contributed by atoms with Crippen molar-refractivity contribution in [3.8, 4) is 0 Å². The van der Waals surface area contributed by atoms with Crippen LogP contribution in [0.1, 0.15) is 19.4 Å². The highest BCUT2D eigenvalue weighted by molar-refractivity contribution is 9.10. The molecule has 0 fully saturated rings. The third-order valence-electron chi connectivity index (χ3n) is 3.69. The first kappa shape index (κ1) is 19.1. The molecule has 0 amide bonds. The van der Waals surface area contributed by atoms with Crippen LogP contribution >= 0.6 is 15.9 Å². The Balaban J connectivity index is 1.51. The van der Waals surface area contributed by atoms with Gasteiger partial charge in [-0.05, 0) is 35.3 Å². The standard InChI is InChI=1S/C18H25BrN2O3/c1-15(16(2)24-14-17-6-4-3-5-7-17)23-11-10-22-9-8-21-13-18(19)12-20-21/h3-7,12-13,15-16H,8-11,14H2,1-2H3/t15-,16-/m0/s1. The van der Waals surface area contributed by atoms with E-state index in [1.807, 2.05) is 42.9 Å². The summed E-state index contributed by atoms with van der Waals surface area (Å²) in [4.78, 5) is 0. The molecule has 132 valence electrons. The molecular formula is C18H25BrN2O3. The first-order valence-electron chi connectivity index (χ1n) is 8.18. The van der Waals surface area contributed by atoms with Crippen LogP contribution in [0.4, 0.5) is 0 Å². The SMILES string of the molecule is C[C@H](OCCOCCn1cc(Br)cn1)[C@H](C)OCc1ccccc1. The summed E-state index contributed by atoms with van der Waals surface area (Å²) in [6, 6.07) is 10.2. The Morgan fingerprint density at radius 3 is 2.50 bits per heavy atom. The van der Waals surface area contributed by atoms with Gasteiger partial charge in [-0.15, -0.1) is 0 Å². The van der Waals surface area contributed by atoms with Gasteiger partial charge in [0.25, 0.3) is 0 Å². The fourth-order valence-electron chi connectivity index (χ4n) is 2.09. The molecule has 0 saturated heterocycles. The first-order valence-corrected chi connectivity index (χ1v) is 8.97. The number of rotatable bonds is 11. The molecule has 2 rings (SSSR count). The molecule has 1 aromatic carbocycles. The zero-order valence-electron chi connectivity index (χ0n) is 14.2. The molecule has 5 nitrogen and oxygen atoms in total. The minimum atomic E-state index is 0.0272. The van der Waals surface area contributed by atoms with Crippen molar-refractivity contribution in [1.29, 1.82) is 0 Å². The zero-order valence-corrected chi connectivity index (χ0v) is 15.8. The summed E-state index contributed by atoms with van der Waals surface area (Å²) in [5, 5.41) is 4.17. The largest absolute Gasteiger partial charge is 0.377 e. The fraction of sp³-hybridized carbons (Fsp3) is 0.500. The van der Waals surface area contributed by atoms with Gasteiger partial charge in [0.2, 0.25) is 0 Å². The van der Waals surface area contributed by atoms with Gasteiger partial charge in [0, 0.05) is 6.20 Å². The van der Waals surface area contributed by atoms with Crippen molar-refractivity contribution < 1.29 is 14.2 Å². The lowest BCUT2D eigenvalue weighted by atomic mass is 10.2. The highest BCUT2D eigenvalue weighted by Crippen LogP contribution is 2.08. The van der Waals surface area contributed by atoms with E-state index in [1.54, 1.807) is 6.20 Å². The van der Waals surface area contributed by atoms with E-state index < -0.39 is 0 Å². The van der Waals surface area contributed by atoms with Crippen LogP contribution in [0.25, 0.3) is 0 Å². The summed E-state index contributed by atoms with van der Waals surface area (Å²) in [6.07, 6.45) is 3.75. The average Bonchev–Trinajstić information content (AvgIpc) is 3.01. The predicted octanol–water partition coefficient (Wildman–Crippen LogP) is 3.67. The summed E-state index contributed by atoms with van der Waals surface area (Å²) in [7, 11) is 0. The number of halogens is 1. The molecule has 2 aromatic rings. The predicted molar refractivity (Wildman–Crippen MR) is 96.9 cm³/mol. The third-order valence-corrected chi connectivity index (χ3v) is 4.10. The van der Waals surface area contributed by atoms with Crippen LogP contribution in [-0.2, 0) is 27.4 Å². The summed E-state index contributed by atoms with van der Waals surface area (Å²) in [5.74, 6) is 0. The molecule has 0 spiro atoms. The maximum atomic E-state index is 5.85. The van der Waals surface area contributed by atoms with E-state index in [-0.39, 0.29) is 12.2 Å². The minimum absolute atomic E-state index is 0.0272. The Bertz CT molecular complexity index is 577. The van der Waals surface area contributed by atoms with Gasteiger partial charge in [-0.2, -0.15) is 5.10 Å². The van der Waals surface area contributed by atoms with E-state index in [4.69, 9.17) is 14.2 Å². The number of hydrogen-bond donors (Lipinski definition) is 0. The Morgan fingerprint density at radius 1 is 1.04 bits per heavy atom. The van der Waals surface area contributed by atoms with E-state index in [1.165, 1.54) is 5.56 Å². The molecule has 0 bridgehead atoms.